The maximum absolute atomic E-state index is 12.9. The van der Waals surface area contributed by atoms with E-state index in [9.17, 15) is 14.4 Å². The van der Waals surface area contributed by atoms with Crippen LogP contribution in [0.15, 0.2) is 0 Å². The van der Waals surface area contributed by atoms with E-state index in [2.05, 4.69) is 15.5 Å². The number of carbonyl (C=O) groups excluding carboxylic acids is 3. The number of amides is 3. The highest BCUT2D eigenvalue weighted by molar-refractivity contribution is 7.15. The number of anilines is 1. The van der Waals surface area contributed by atoms with Crippen LogP contribution in [0.2, 0.25) is 0 Å². The van der Waals surface area contributed by atoms with Gasteiger partial charge in [0.05, 0.1) is 5.41 Å². The number of nitrogens with zero attached hydrogens (tertiary/aromatic N) is 3. The smallest absolute Gasteiger partial charge is 0.246 e. The highest BCUT2D eigenvalue weighted by atomic mass is 32.1. The Morgan fingerprint density at radius 1 is 1.32 bits per heavy atom. The molecule has 1 aromatic rings. The first-order valence-corrected chi connectivity index (χ1v) is 9.38. The minimum Gasteiger partial charge on any atom is -0.299 e. The van der Waals surface area contributed by atoms with Gasteiger partial charge in [-0.3, -0.25) is 24.6 Å². The molecule has 3 rings (SSSR count). The fourth-order valence-corrected chi connectivity index (χ4v) is 4.63. The number of fused-ring (bicyclic) bond motifs is 2. The number of aromatic nitrogens is 2. The first-order chi connectivity index (χ1) is 11.6. The van der Waals surface area contributed by atoms with Gasteiger partial charge in [0.25, 0.3) is 0 Å². The van der Waals surface area contributed by atoms with Crippen LogP contribution in [0.3, 0.4) is 0 Å². The van der Waals surface area contributed by atoms with Gasteiger partial charge in [0.1, 0.15) is 11.6 Å². The van der Waals surface area contributed by atoms with Crippen LogP contribution in [-0.2, 0) is 14.4 Å². The summed E-state index contributed by atoms with van der Waals surface area (Å²) in [6.07, 6.45) is 1.38. The van der Waals surface area contributed by atoms with Gasteiger partial charge in [-0.15, -0.1) is 10.2 Å². The van der Waals surface area contributed by atoms with Crippen molar-refractivity contribution in [3.05, 3.63) is 5.01 Å². The van der Waals surface area contributed by atoms with E-state index in [1.54, 1.807) is 0 Å². The van der Waals surface area contributed by atoms with Crippen LogP contribution in [0.1, 0.15) is 58.4 Å². The molecule has 1 N–H and O–H groups in total. The molecule has 25 heavy (non-hydrogen) atoms. The zero-order valence-corrected chi connectivity index (χ0v) is 16.1. The molecule has 1 saturated heterocycles. The van der Waals surface area contributed by atoms with Gasteiger partial charge < -0.3 is 0 Å². The number of hydrogen-bond acceptors (Lipinski definition) is 6. The van der Waals surface area contributed by atoms with E-state index in [0.29, 0.717) is 18.0 Å². The van der Waals surface area contributed by atoms with Crippen LogP contribution in [0.5, 0.6) is 0 Å². The molecule has 8 heteroatoms. The second-order valence-electron chi connectivity index (χ2n) is 8.02. The van der Waals surface area contributed by atoms with Crippen LogP contribution >= 0.6 is 11.3 Å². The molecule has 2 heterocycles. The van der Waals surface area contributed by atoms with E-state index in [1.165, 1.54) is 11.3 Å². The number of likely N-dealkylation sites (tertiary alicyclic amines) is 1. The zero-order valence-electron chi connectivity index (χ0n) is 15.3. The molecule has 1 saturated carbocycles. The molecular weight excluding hydrogens is 340 g/mol. The van der Waals surface area contributed by atoms with Gasteiger partial charge in [0.2, 0.25) is 22.9 Å². The van der Waals surface area contributed by atoms with Crippen molar-refractivity contribution in [2.24, 2.45) is 16.7 Å². The van der Waals surface area contributed by atoms with Gasteiger partial charge in [-0.2, -0.15) is 0 Å². The number of nitrogens with one attached hydrogen (secondary N) is 1. The van der Waals surface area contributed by atoms with Gasteiger partial charge in [0, 0.05) is 11.8 Å². The van der Waals surface area contributed by atoms with Crippen molar-refractivity contribution in [2.75, 3.05) is 11.9 Å². The average molecular weight is 364 g/mol. The first-order valence-electron chi connectivity index (χ1n) is 8.57. The van der Waals surface area contributed by atoms with Crippen molar-refractivity contribution in [2.45, 2.75) is 53.4 Å². The zero-order chi connectivity index (χ0) is 18.6. The van der Waals surface area contributed by atoms with E-state index in [1.807, 2.05) is 34.6 Å². The third-order valence-corrected chi connectivity index (χ3v) is 7.13. The quantitative estimate of drug-likeness (QED) is 0.828. The summed E-state index contributed by atoms with van der Waals surface area (Å²) in [6, 6.07) is 0. The molecular formula is C17H24N4O3S. The van der Waals surface area contributed by atoms with Crippen molar-refractivity contribution in [1.82, 2.24) is 15.1 Å². The summed E-state index contributed by atoms with van der Waals surface area (Å²) in [5.74, 6) is -0.883. The standard InChI is InChI=1S/C17H24N4O3S/c1-9(2)12-19-20-15(25-12)18-11(22)8-21-13(23)10-6-7-17(5,14(21)24)16(10,3)4/h9-10H,6-8H2,1-5H3,(H,18,20,22). The Morgan fingerprint density at radius 2 is 2.00 bits per heavy atom. The summed E-state index contributed by atoms with van der Waals surface area (Å²) >= 11 is 1.30. The molecule has 2 atom stereocenters. The largest absolute Gasteiger partial charge is 0.299 e. The maximum Gasteiger partial charge on any atom is 0.246 e. The van der Waals surface area contributed by atoms with E-state index in [4.69, 9.17) is 0 Å². The van der Waals surface area contributed by atoms with Gasteiger partial charge in [-0.1, -0.05) is 46.0 Å². The van der Waals surface area contributed by atoms with Gasteiger partial charge >= 0.3 is 0 Å². The summed E-state index contributed by atoms with van der Waals surface area (Å²) in [5, 5.41) is 11.8. The van der Waals surface area contributed by atoms with E-state index >= 15 is 0 Å². The second kappa shape index (κ2) is 5.86. The molecule has 1 aliphatic heterocycles. The SMILES string of the molecule is CC(C)c1nnc(NC(=O)CN2C(=O)C3CCC(C)(C2=O)C3(C)C)s1. The number of imide groups is 1. The summed E-state index contributed by atoms with van der Waals surface area (Å²) in [7, 11) is 0. The van der Waals surface area contributed by atoms with Gasteiger partial charge in [-0.05, 0) is 18.3 Å². The van der Waals surface area contributed by atoms with E-state index in [-0.39, 0.29) is 35.6 Å². The number of carbonyl (C=O) groups is 3. The Kier molecular flexibility index (Phi) is 4.21. The van der Waals surface area contributed by atoms with E-state index in [0.717, 1.165) is 9.91 Å². The average Bonchev–Trinajstić information content (AvgIpc) is 3.05. The molecule has 2 bridgehead atoms. The fraction of sp³-hybridized carbons (Fsp3) is 0.706. The molecule has 2 unspecified atom stereocenters. The third-order valence-electron chi connectivity index (χ3n) is 5.99. The molecule has 0 radical (unpaired) electrons. The molecule has 7 nitrogen and oxygen atoms in total. The Balaban J connectivity index is 1.73. The topological polar surface area (TPSA) is 92.3 Å². The lowest BCUT2D eigenvalue weighted by molar-refractivity contribution is -0.168. The maximum atomic E-state index is 12.9. The monoisotopic (exact) mass is 364 g/mol. The lowest BCUT2D eigenvalue weighted by atomic mass is 9.62. The highest BCUT2D eigenvalue weighted by Gasteiger charge is 2.64. The molecule has 1 aliphatic carbocycles. The molecule has 0 aromatic carbocycles. The van der Waals surface area contributed by atoms with Gasteiger partial charge in [0.15, 0.2) is 0 Å². The molecule has 1 aromatic heterocycles. The van der Waals surface area contributed by atoms with Crippen molar-refractivity contribution in [1.29, 1.82) is 0 Å². The van der Waals surface area contributed by atoms with Crippen molar-refractivity contribution in [3.63, 3.8) is 0 Å². The second-order valence-corrected chi connectivity index (χ2v) is 9.03. The predicted octanol–water partition coefficient (Wildman–Crippen LogP) is 2.41. The molecule has 3 amide bonds. The van der Waals surface area contributed by atoms with Crippen molar-refractivity contribution < 1.29 is 14.4 Å². The molecule has 136 valence electrons. The number of piperidine rings is 1. The summed E-state index contributed by atoms with van der Waals surface area (Å²) < 4.78 is 0. The van der Waals surface area contributed by atoms with Crippen LogP contribution in [-0.4, -0.2) is 39.4 Å². The number of hydrogen-bond donors (Lipinski definition) is 1. The van der Waals surface area contributed by atoms with Crippen LogP contribution in [0, 0.1) is 16.7 Å². The minimum atomic E-state index is -0.598. The van der Waals surface area contributed by atoms with Crippen LogP contribution < -0.4 is 5.32 Å². The first kappa shape index (κ1) is 18.0. The Morgan fingerprint density at radius 3 is 2.60 bits per heavy atom. The third kappa shape index (κ3) is 2.67. The van der Waals surface area contributed by atoms with E-state index < -0.39 is 11.3 Å². The molecule has 0 spiro atoms. The lowest BCUT2D eigenvalue weighted by Gasteiger charge is -2.47. The summed E-state index contributed by atoms with van der Waals surface area (Å²) in [6.45, 7) is 9.59. The Hall–Kier alpha value is -1.83. The normalized spacial score (nSPS) is 27.9. The summed E-state index contributed by atoms with van der Waals surface area (Å²) in [4.78, 5) is 39.1. The number of rotatable bonds is 4. The Bertz CT molecular complexity index is 742. The minimum absolute atomic E-state index is 0.211. The van der Waals surface area contributed by atoms with Crippen molar-refractivity contribution in [3.8, 4) is 0 Å². The molecule has 2 aliphatic rings. The van der Waals surface area contributed by atoms with Crippen LogP contribution in [0.25, 0.3) is 0 Å². The van der Waals surface area contributed by atoms with Crippen LogP contribution in [0.4, 0.5) is 5.13 Å². The lowest BCUT2D eigenvalue weighted by Crippen LogP contribution is -2.60. The Labute approximate surface area is 151 Å². The predicted molar refractivity (Wildman–Crippen MR) is 94.0 cm³/mol. The fourth-order valence-electron chi connectivity index (χ4n) is 3.87. The van der Waals surface area contributed by atoms with Gasteiger partial charge in [-0.25, -0.2) is 0 Å². The van der Waals surface area contributed by atoms with Crippen molar-refractivity contribution >= 4 is 34.2 Å². The highest BCUT2D eigenvalue weighted by Crippen LogP contribution is 2.59. The molecule has 2 fully saturated rings. The summed E-state index contributed by atoms with van der Waals surface area (Å²) in [5.41, 5.74) is -0.973.